The first kappa shape index (κ1) is 18.6. The van der Waals surface area contributed by atoms with Crippen LogP contribution in [-0.2, 0) is 11.3 Å². The maximum atomic E-state index is 10.8. The van der Waals surface area contributed by atoms with Crippen LogP contribution in [0.2, 0.25) is 0 Å². The van der Waals surface area contributed by atoms with Crippen molar-refractivity contribution in [2.24, 2.45) is 0 Å². The molecule has 0 spiro atoms. The van der Waals surface area contributed by atoms with E-state index in [-0.39, 0.29) is 7.21 Å². The fraction of sp³-hybridized carbons (Fsp3) is 0.533. The zero-order valence-electron chi connectivity index (χ0n) is 12.4. The SMILES string of the molecule is CC.CCNCc1ccc(SSCCC(C)=O)cc1.[HH]. The third-order valence-electron chi connectivity index (χ3n) is 2.20. The van der Waals surface area contributed by atoms with E-state index in [4.69, 9.17) is 0 Å². The van der Waals surface area contributed by atoms with E-state index in [9.17, 15) is 4.79 Å². The Morgan fingerprint density at radius 1 is 1.26 bits per heavy atom. The number of carbonyl (C=O) groups excluding carboxylic acids is 1. The van der Waals surface area contributed by atoms with E-state index in [1.54, 1.807) is 28.5 Å². The van der Waals surface area contributed by atoms with E-state index >= 15 is 0 Å². The Labute approximate surface area is 127 Å². The van der Waals surface area contributed by atoms with Crippen LogP contribution in [0.5, 0.6) is 0 Å². The lowest BCUT2D eigenvalue weighted by Gasteiger charge is -2.04. The summed E-state index contributed by atoms with van der Waals surface area (Å²) in [7, 11) is 3.48. The largest absolute Gasteiger partial charge is 0.313 e. The molecule has 2 nitrogen and oxygen atoms in total. The summed E-state index contributed by atoms with van der Waals surface area (Å²) >= 11 is 0. The molecule has 0 aromatic heterocycles. The standard InChI is InChI=1S/C13H19NOS2.C2H6.H2/c1-3-14-10-12-4-6-13(7-5-12)17-16-9-8-11(2)15;1-2;/h4-7,14H,3,8-10H2,1-2H3;1-2H3;1H. The van der Waals surface area contributed by atoms with Gasteiger partial charge in [0.1, 0.15) is 5.78 Å². The van der Waals surface area contributed by atoms with Crippen molar-refractivity contribution in [3.05, 3.63) is 29.8 Å². The predicted molar refractivity (Wildman–Crippen MR) is 90.9 cm³/mol. The van der Waals surface area contributed by atoms with Gasteiger partial charge in [-0.25, -0.2) is 0 Å². The Kier molecular flexibility index (Phi) is 12.3. The number of Topliss-reactive ketones (excluding diaryl/α,β-unsaturated/α-hetero) is 1. The van der Waals surface area contributed by atoms with Gasteiger partial charge in [0.2, 0.25) is 0 Å². The summed E-state index contributed by atoms with van der Waals surface area (Å²) in [6.45, 7) is 9.67. The molecule has 0 fully saturated rings. The van der Waals surface area contributed by atoms with Crippen LogP contribution in [0, 0.1) is 0 Å². The smallest absolute Gasteiger partial charge is 0.130 e. The van der Waals surface area contributed by atoms with Gasteiger partial charge in [-0.15, -0.1) is 0 Å². The highest BCUT2D eigenvalue weighted by molar-refractivity contribution is 8.76. The topological polar surface area (TPSA) is 29.1 Å². The number of carbonyl (C=O) groups is 1. The second kappa shape index (κ2) is 12.6. The number of benzene rings is 1. The zero-order valence-corrected chi connectivity index (χ0v) is 14.0. The quantitative estimate of drug-likeness (QED) is 0.552. The Morgan fingerprint density at radius 3 is 2.42 bits per heavy atom. The van der Waals surface area contributed by atoms with E-state index in [0.29, 0.717) is 6.42 Å². The van der Waals surface area contributed by atoms with Gasteiger partial charge < -0.3 is 5.32 Å². The minimum atomic E-state index is 0. The van der Waals surface area contributed by atoms with Crippen molar-refractivity contribution in [2.75, 3.05) is 12.3 Å². The summed E-state index contributed by atoms with van der Waals surface area (Å²) in [6, 6.07) is 8.57. The van der Waals surface area contributed by atoms with E-state index in [0.717, 1.165) is 18.8 Å². The summed E-state index contributed by atoms with van der Waals surface area (Å²) in [5.41, 5.74) is 1.31. The van der Waals surface area contributed by atoms with E-state index in [1.165, 1.54) is 10.5 Å². The van der Waals surface area contributed by atoms with Gasteiger partial charge in [0.25, 0.3) is 0 Å². The van der Waals surface area contributed by atoms with Gasteiger partial charge >= 0.3 is 0 Å². The molecule has 1 aromatic rings. The molecule has 0 bridgehead atoms. The molecule has 0 amide bonds. The Balaban J connectivity index is 0. The van der Waals surface area contributed by atoms with Crippen LogP contribution in [0.25, 0.3) is 0 Å². The number of ketones is 1. The number of rotatable bonds is 8. The average molecular weight is 302 g/mol. The number of hydrogen-bond donors (Lipinski definition) is 1. The molecule has 110 valence electrons. The molecule has 1 N–H and O–H groups in total. The van der Waals surface area contributed by atoms with Gasteiger partial charge in [0.05, 0.1) is 0 Å². The minimum absolute atomic E-state index is 0. The predicted octanol–water partition coefficient (Wildman–Crippen LogP) is 4.79. The van der Waals surface area contributed by atoms with Gasteiger partial charge in [-0.05, 0) is 31.2 Å². The molecule has 0 saturated carbocycles. The van der Waals surface area contributed by atoms with Crippen LogP contribution in [0.4, 0.5) is 0 Å². The molecule has 0 heterocycles. The Morgan fingerprint density at radius 2 is 1.89 bits per heavy atom. The van der Waals surface area contributed by atoms with Gasteiger partial charge in [0, 0.05) is 25.0 Å². The molecule has 4 heteroatoms. The Bertz CT molecular complexity index is 344. The average Bonchev–Trinajstić information content (AvgIpc) is 2.44. The van der Waals surface area contributed by atoms with E-state index in [1.807, 2.05) is 13.8 Å². The van der Waals surface area contributed by atoms with Crippen molar-refractivity contribution in [3.8, 4) is 0 Å². The molecule has 0 aliphatic carbocycles. The highest BCUT2D eigenvalue weighted by Crippen LogP contribution is 2.31. The molecule has 1 aromatic carbocycles. The second-order valence-electron chi connectivity index (χ2n) is 3.78. The summed E-state index contributed by atoms with van der Waals surface area (Å²) < 4.78 is 0. The zero-order chi connectivity index (χ0) is 14.5. The molecule has 0 aliphatic heterocycles. The third-order valence-corrected chi connectivity index (χ3v) is 4.58. The summed E-state index contributed by atoms with van der Waals surface area (Å²) in [4.78, 5) is 12.0. The highest BCUT2D eigenvalue weighted by atomic mass is 33.1. The van der Waals surface area contributed by atoms with Gasteiger partial charge in [0.15, 0.2) is 0 Å². The molecule has 0 aliphatic rings. The van der Waals surface area contributed by atoms with Crippen LogP contribution in [0.15, 0.2) is 29.2 Å². The van der Waals surface area contributed by atoms with Crippen LogP contribution < -0.4 is 5.32 Å². The first-order chi connectivity index (χ1) is 9.22. The molecule has 0 unspecified atom stereocenters. The molecule has 19 heavy (non-hydrogen) atoms. The van der Waals surface area contributed by atoms with Crippen LogP contribution in [0.1, 0.15) is 41.1 Å². The molecule has 1 rings (SSSR count). The lowest BCUT2D eigenvalue weighted by Crippen LogP contribution is -2.11. The summed E-state index contributed by atoms with van der Waals surface area (Å²) in [5, 5.41) is 3.30. The van der Waals surface area contributed by atoms with E-state index < -0.39 is 0 Å². The maximum Gasteiger partial charge on any atom is 0.130 e. The van der Waals surface area contributed by atoms with Crippen molar-refractivity contribution in [1.29, 1.82) is 0 Å². The summed E-state index contributed by atoms with van der Waals surface area (Å²) in [5.74, 6) is 1.15. The maximum absolute atomic E-state index is 10.8. The van der Waals surface area contributed by atoms with Crippen molar-refractivity contribution in [2.45, 2.75) is 45.6 Å². The molecular formula is C15H27NOS2. The second-order valence-corrected chi connectivity index (χ2v) is 6.27. The van der Waals surface area contributed by atoms with Crippen molar-refractivity contribution in [3.63, 3.8) is 0 Å². The Hall–Kier alpha value is -0.450. The van der Waals surface area contributed by atoms with Crippen LogP contribution in [0.3, 0.4) is 0 Å². The van der Waals surface area contributed by atoms with Crippen LogP contribution >= 0.6 is 21.6 Å². The van der Waals surface area contributed by atoms with Gasteiger partial charge in [-0.1, -0.05) is 54.5 Å². The number of hydrogen-bond acceptors (Lipinski definition) is 4. The third kappa shape index (κ3) is 10.0. The normalized spacial score (nSPS) is 9.68. The molecule has 0 atom stereocenters. The molecular weight excluding hydrogens is 274 g/mol. The highest BCUT2D eigenvalue weighted by Gasteiger charge is 1.98. The van der Waals surface area contributed by atoms with Gasteiger partial charge in [-0.2, -0.15) is 0 Å². The van der Waals surface area contributed by atoms with Crippen molar-refractivity contribution in [1.82, 2.24) is 5.32 Å². The summed E-state index contributed by atoms with van der Waals surface area (Å²) in [6.07, 6.45) is 0.663. The fourth-order valence-corrected chi connectivity index (χ4v) is 3.31. The van der Waals surface area contributed by atoms with E-state index in [2.05, 4.69) is 36.5 Å². The fourth-order valence-electron chi connectivity index (χ4n) is 1.23. The number of nitrogens with one attached hydrogen (secondary N) is 1. The lowest BCUT2D eigenvalue weighted by atomic mass is 10.2. The molecule has 0 radical (unpaired) electrons. The minimum Gasteiger partial charge on any atom is -0.313 e. The van der Waals surface area contributed by atoms with Crippen molar-refractivity contribution >= 4 is 27.4 Å². The molecule has 0 saturated heterocycles. The lowest BCUT2D eigenvalue weighted by molar-refractivity contribution is -0.116. The van der Waals surface area contributed by atoms with Crippen LogP contribution in [-0.4, -0.2) is 18.1 Å². The first-order valence-electron chi connectivity index (χ1n) is 6.81. The van der Waals surface area contributed by atoms with Crippen molar-refractivity contribution < 1.29 is 6.22 Å². The van der Waals surface area contributed by atoms with Gasteiger partial charge in [-0.3, -0.25) is 4.79 Å². The first-order valence-corrected chi connectivity index (χ1v) is 9.13. The monoisotopic (exact) mass is 301 g/mol.